The summed E-state index contributed by atoms with van der Waals surface area (Å²) in [6.45, 7) is 0.799. The highest BCUT2D eigenvalue weighted by Gasteiger charge is 2.02. The SMILES string of the molecule is CC(=O)O.O=c1oc2ccccc2cc1CO. The van der Waals surface area contributed by atoms with Crippen LogP contribution in [0.15, 0.2) is 39.5 Å². The Kier molecular flexibility index (Phi) is 4.42. The van der Waals surface area contributed by atoms with Crippen molar-refractivity contribution >= 4 is 16.9 Å². The molecule has 1 heterocycles. The molecule has 2 N–H and O–H groups in total. The van der Waals surface area contributed by atoms with Gasteiger partial charge < -0.3 is 14.6 Å². The minimum Gasteiger partial charge on any atom is -0.481 e. The van der Waals surface area contributed by atoms with Gasteiger partial charge in [0.15, 0.2) is 0 Å². The Morgan fingerprint density at radius 2 is 1.94 bits per heavy atom. The second kappa shape index (κ2) is 5.81. The van der Waals surface area contributed by atoms with Crippen LogP contribution in [0.5, 0.6) is 0 Å². The van der Waals surface area contributed by atoms with E-state index in [1.165, 1.54) is 0 Å². The Bertz CT molecular complexity index is 566. The first kappa shape index (κ1) is 12.9. The maximum absolute atomic E-state index is 11.1. The van der Waals surface area contributed by atoms with Crippen molar-refractivity contribution in [3.05, 3.63) is 46.3 Å². The third-order valence-corrected chi connectivity index (χ3v) is 1.88. The summed E-state index contributed by atoms with van der Waals surface area (Å²) in [6, 6.07) is 8.84. The van der Waals surface area contributed by atoms with Gasteiger partial charge in [0.1, 0.15) is 5.58 Å². The molecule has 0 aliphatic rings. The van der Waals surface area contributed by atoms with Gasteiger partial charge in [-0.3, -0.25) is 4.79 Å². The molecule has 0 unspecified atom stereocenters. The number of para-hydroxylation sites is 1. The average molecular weight is 236 g/mol. The number of hydrogen-bond acceptors (Lipinski definition) is 4. The quantitative estimate of drug-likeness (QED) is 0.730. The second-order valence-corrected chi connectivity index (χ2v) is 3.27. The second-order valence-electron chi connectivity index (χ2n) is 3.27. The first-order valence-electron chi connectivity index (χ1n) is 4.86. The van der Waals surface area contributed by atoms with Gasteiger partial charge in [0.2, 0.25) is 0 Å². The predicted octanol–water partition coefficient (Wildman–Crippen LogP) is 1.38. The predicted molar refractivity (Wildman–Crippen MR) is 61.7 cm³/mol. The number of carbonyl (C=O) groups is 1. The molecule has 0 atom stereocenters. The molecular formula is C12H12O5. The molecule has 0 bridgehead atoms. The topological polar surface area (TPSA) is 87.7 Å². The minimum atomic E-state index is -0.833. The molecule has 2 rings (SSSR count). The van der Waals surface area contributed by atoms with Crippen LogP contribution in [0, 0.1) is 0 Å². The van der Waals surface area contributed by atoms with E-state index in [9.17, 15) is 4.79 Å². The molecule has 1 aromatic carbocycles. The number of aliphatic hydroxyl groups is 1. The van der Waals surface area contributed by atoms with E-state index in [1.54, 1.807) is 18.2 Å². The van der Waals surface area contributed by atoms with Crippen LogP contribution < -0.4 is 5.63 Å². The van der Waals surface area contributed by atoms with E-state index >= 15 is 0 Å². The first-order valence-corrected chi connectivity index (χ1v) is 4.86. The van der Waals surface area contributed by atoms with Crippen molar-refractivity contribution in [2.75, 3.05) is 0 Å². The van der Waals surface area contributed by atoms with Crippen LogP contribution in [0.2, 0.25) is 0 Å². The number of hydrogen-bond donors (Lipinski definition) is 2. The standard InChI is InChI=1S/C10H8O3.C2H4O2/c11-6-8-5-7-3-1-2-4-9(7)13-10(8)12;1-2(3)4/h1-5,11H,6H2;1H3,(H,3,4). The summed E-state index contributed by atoms with van der Waals surface area (Å²) in [6.07, 6.45) is 0. The molecule has 1 aromatic heterocycles. The van der Waals surface area contributed by atoms with E-state index in [0.29, 0.717) is 11.1 Å². The molecule has 90 valence electrons. The van der Waals surface area contributed by atoms with Crippen LogP contribution in [0.25, 0.3) is 11.0 Å². The molecule has 0 aliphatic carbocycles. The summed E-state index contributed by atoms with van der Waals surface area (Å²) in [5.41, 5.74) is 0.365. The highest BCUT2D eigenvalue weighted by Crippen LogP contribution is 2.12. The van der Waals surface area contributed by atoms with Gasteiger partial charge in [-0.15, -0.1) is 0 Å². The van der Waals surface area contributed by atoms with E-state index < -0.39 is 11.6 Å². The zero-order chi connectivity index (χ0) is 12.8. The smallest absolute Gasteiger partial charge is 0.341 e. The summed E-state index contributed by atoms with van der Waals surface area (Å²) in [7, 11) is 0. The molecule has 0 spiro atoms. The van der Waals surface area contributed by atoms with E-state index in [1.807, 2.05) is 12.1 Å². The molecule has 5 heteroatoms. The number of aliphatic hydroxyl groups excluding tert-OH is 1. The normalized spacial score (nSPS) is 9.53. The maximum atomic E-state index is 11.1. The van der Waals surface area contributed by atoms with Crippen LogP contribution in [-0.4, -0.2) is 16.2 Å². The highest BCUT2D eigenvalue weighted by molar-refractivity contribution is 5.76. The number of carboxylic acid groups (broad SMARTS) is 1. The molecule has 0 saturated heterocycles. The summed E-state index contributed by atoms with van der Waals surface area (Å²) in [4.78, 5) is 20.1. The molecule has 0 fully saturated rings. The van der Waals surface area contributed by atoms with Crippen LogP contribution in [0.3, 0.4) is 0 Å². The van der Waals surface area contributed by atoms with Crippen molar-refractivity contribution in [1.82, 2.24) is 0 Å². The van der Waals surface area contributed by atoms with Gasteiger partial charge in [0, 0.05) is 12.3 Å². The molecule has 0 radical (unpaired) electrons. The Hall–Kier alpha value is -2.14. The number of rotatable bonds is 1. The van der Waals surface area contributed by atoms with Gasteiger partial charge in [0.25, 0.3) is 5.97 Å². The summed E-state index contributed by atoms with van der Waals surface area (Å²) in [5.74, 6) is -0.833. The third kappa shape index (κ3) is 3.73. The van der Waals surface area contributed by atoms with Gasteiger partial charge in [-0.05, 0) is 12.1 Å². The lowest BCUT2D eigenvalue weighted by Crippen LogP contribution is -2.06. The summed E-state index contributed by atoms with van der Waals surface area (Å²) >= 11 is 0. The Balaban J connectivity index is 0.000000317. The van der Waals surface area contributed by atoms with Crippen LogP contribution in [-0.2, 0) is 11.4 Å². The highest BCUT2D eigenvalue weighted by atomic mass is 16.4. The van der Waals surface area contributed by atoms with Gasteiger partial charge in [-0.1, -0.05) is 18.2 Å². The lowest BCUT2D eigenvalue weighted by atomic mass is 10.2. The first-order chi connectivity index (χ1) is 8.04. The molecule has 0 saturated carbocycles. The molecular weight excluding hydrogens is 224 g/mol. The fraction of sp³-hybridized carbons (Fsp3) is 0.167. The maximum Gasteiger partial charge on any atom is 0.341 e. The molecule has 5 nitrogen and oxygen atoms in total. The Morgan fingerprint density at radius 3 is 2.53 bits per heavy atom. The lowest BCUT2D eigenvalue weighted by molar-refractivity contribution is -0.134. The van der Waals surface area contributed by atoms with Crippen LogP contribution in [0.4, 0.5) is 0 Å². The van der Waals surface area contributed by atoms with Gasteiger partial charge in [0.05, 0.1) is 12.2 Å². The molecule has 2 aromatic rings. The lowest BCUT2D eigenvalue weighted by Gasteiger charge is -1.97. The van der Waals surface area contributed by atoms with Crippen molar-refractivity contribution in [1.29, 1.82) is 0 Å². The van der Waals surface area contributed by atoms with Crippen molar-refractivity contribution in [3.63, 3.8) is 0 Å². The van der Waals surface area contributed by atoms with Crippen LogP contribution >= 0.6 is 0 Å². The zero-order valence-electron chi connectivity index (χ0n) is 9.21. The fourth-order valence-corrected chi connectivity index (χ4v) is 1.21. The average Bonchev–Trinajstić information content (AvgIpc) is 2.27. The van der Waals surface area contributed by atoms with Gasteiger partial charge in [-0.2, -0.15) is 0 Å². The molecule has 17 heavy (non-hydrogen) atoms. The Labute approximate surface area is 96.9 Å². The number of carboxylic acids is 1. The van der Waals surface area contributed by atoms with Crippen molar-refractivity contribution in [3.8, 4) is 0 Å². The van der Waals surface area contributed by atoms with Crippen LogP contribution in [0.1, 0.15) is 12.5 Å². The minimum absolute atomic E-state index is 0.285. The van der Waals surface area contributed by atoms with E-state index in [0.717, 1.165) is 12.3 Å². The van der Waals surface area contributed by atoms with Crippen molar-refractivity contribution in [2.24, 2.45) is 0 Å². The van der Waals surface area contributed by atoms with Gasteiger partial charge in [-0.25, -0.2) is 4.79 Å². The zero-order valence-corrected chi connectivity index (χ0v) is 9.21. The fourth-order valence-electron chi connectivity index (χ4n) is 1.21. The van der Waals surface area contributed by atoms with Gasteiger partial charge >= 0.3 is 5.63 Å². The van der Waals surface area contributed by atoms with E-state index in [2.05, 4.69) is 0 Å². The van der Waals surface area contributed by atoms with E-state index in [4.69, 9.17) is 19.4 Å². The number of fused-ring (bicyclic) bond motifs is 1. The monoisotopic (exact) mass is 236 g/mol. The van der Waals surface area contributed by atoms with Crippen molar-refractivity contribution < 1.29 is 19.4 Å². The Morgan fingerprint density at radius 1 is 1.35 bits per heavy atom. The number of aliphatic carboxylic acids is 1. The number of benzene rings is 1. The molecule has 0 amide bonds. The summed E-state index contributed by atoms with van der Waals surface area (Å²) < 4.78 is 4.97. The largest absolute Gasteiger partial charge is 0.481 e. The summed E-state index contributed by atoms with van der Waals surface area (Å²) in [5, 5.41) is 17.1. The van der Waals surface area contributed by atoms with Crippen molar-refractivity contribution in [2.45, 2.75) is 13.5 Å². The third-order valence-electron chi connectivity index (χ3n) is 1.88. The van der Waals surface area contributed by atoms with E-state index in [-0.39, 0.29) is 6.61 Å². The molecule has 0 aliphatic heterocycles.